The zero-order valence-electron chi connectivity index (χ0n) is 11.0. The molecule has 1 saturated heterocycles. The first kappa shape index (κ1) is 12.6. The molecule has 1 aliphatic rings. The van der Waals surface area contributed by atoms with Gasteiger partial charge >= 0.3 is 0 Å². The van der Waals surface area contributed by atoms with E-state index in [0.29, 0.717) is 12.1 Å². The Labute approximate surface area is 104 Å². The molecule has 1 aromatic heterocycles. The van der Waals surface area contributed by atoms with Gasteiger partial charge < -0.3 is 14.6 Å². The second-order valence-corrected chi connectivity index (χ2v) is 5.23. The summed E-state index contributed by atoms with van der Waals surface area (Å²) in [5.41, 5.74) is 0. The van der Waals surface area contributed by atoms with Gasteiger partial charge in [-0.2, -0.15) is 0 Å². The Hall–Kier alpha value is -0.840. The molecule has 0 aliphatic carbocycles. The van der Waals surface area contributed by atoms with Crippen LogP contribution < -0.4 is 5.32 Å². The summed E-state index contributed by atoms with van der Waals surface area (Å²) in [4.78, 5) is 4.72. The van der Waals surface area contributed by atoms with Crippen molar-refractivity contribution in [3.8, 4) is 0 Å². The number of hydrogen-bond acceptors (Lipinski definition) is 4. The fourth-order valence-electron chi connectivity index (χ4n) is 2.38. The van der Waals surface area contributed by atoms with Crippen LogP contribution in [0.1, 0.15) is 12.7 Å². The van der Waals surface area contributed by atoms with Crippen molar-refractivity contribution in [1.82, 2.24) is 15.1 Å². The average Bonchev–Trinajstić information content (AvgIpc) is 2.75. The largest absolute Gasteiger partial charge is 0.468 e. The second kappa shape index (κ2) is 5.67. The molecular formula is C13H23N3O. The molecule has 96 valence electrons. The molecule has 0 bridgehead atoms. The summed E-state index contributed by atoms with van der Waals surface area (Å²) in [5, 5.41) is 3.60. The number of rotatable bonds is 4. The molecular weight excluding hydrogens is 214 g/mol. The molecule has 1 aliphatic heterocycles. The van der Waals surface area contributed by atoms with Crippen LogP contribution in [0.5, 0.6) is 0 Å². The summed E-state index contributed by atoms with van der Waals surface area (Å²) in [7, 11) is 4.24. The minimum absolute atomic E-state index is 0.552. The maximum atomic E-state index is 5.43. The van der Waals surface area contributed by atoms with Gasteiger partial charge in [0.1, 0.15) is 5.76 Å². The third kappa shape index (κ3) is 3.56. The molecule has 1 fully saturated rings. The van der Waals surface area contributed by atoms with Crippen LogP contribution in [0.25, 0.3) is 0 Å². The summed E-state index contributed by atoms with van der Waals surface area (Å²) in [6, 6.07) is 5.13. The number of nitrogens with one attached hydrogen (secondary N) is 1. The fourth-order valence-corrected chi connectivity index (χ4v) is 2.38. The van der Waals surface area contributed by atoms with Gasteiger partial charge in [0.15, 0.2) is 0 Å². The van der Waals surface area contributed by atoms with E-state index in [1.54, 1.807) is 6.26 Å². The van der Waals surface area contributed by atoms with E-state index in [1.165, 1.54) is 0 Å². The number of furan rings is 1. The number of piperazine rings is 1. The molecule has 1 aromatic rings. The smallest absolute Gasteiger partial charge is 0.117 e. The Morgan fingerprint density at radius 2 is 2.35 bits per heavy atom. The first-order valence-corrected chi connectivity index (χ1v) is 6.29. The highest BCUT2D eigenvalue weighted by molar-refractivity contribution is 4.99. The molecule has 1 N–H and O–H groups in total. The van der Waals surface area contributed by atoms with Gasteiger partial charge in [0.2, 0.25) is 0 Å². The Morgan fingerprint density at radius 3 is 3.00 bits per heavy atom. The maximum absolute atomic E-state index is 5.43. The predicted molar refractivity (Wildman–Crippen MR) is 68.9 cm³/mol. The first-order valence-electron chi connectivity index (χ1n) is 6.29. The molecule has 2 atom stereocenters. The van der Waals surface area contributed by atoms with Crippen LogP contribution in [0.4, 0.5) is 0 Å². The van der Waals surface area contributed by atoms with E-state index < -0.39 is 0 Å². The zero-order chi connectivity index (χ0) is 12.3. The topological polar surface area (TPSA) is 31.6 Å². The van der Waals surface area contributed by atoms with Gasteiger partial charge in [0.25, 0.3) is 0 Å². The summed E-state index contributed by atoms with van der Waals surface area (Å²) < 4.78 is 5.43. The van der Waals surface area contributed by atoms with Gasteiger partial charge in [0.05, 0.1) is 12.8 Å². The number of likely N-dealkylation sites (N-methyl/N-ethyl adjacent to an activating group) is 1. The van der Waals surface area contributed by atoms with E-state index in [9.17, 15) is 0 Å². The van der Waals surface area contributed by atoms with Crippen molar-refractivity contribution in [2.45, 2.75) is 25.6 Å². The highest BCUT2D eigenvalue weighted by atomic mass is 16.3. The molecule has 4 heteroatoms. The van der Waals surface area contributed by atoms with Gasteiger partial charge in [-0.05, 0) is 33.2 Å². The first-order chi connectivity index (χ1) is 8.15. The van der Waals surface area contributed by atoms with Crippen LogP contribution in [0.3, 0.4) is 0 Å². The minimum atomic E-state index is 0.552. The molecule has 0 aromatic carbocycles. The van der Waals surface area contributed by atoms with Crippen molar-refractivity contribution in [1.29, 1.82) is 0 Å². The second-order valence-electron chi connectivity index (χ2n) is 5.23. The molecule has 2 rings (SSSR count). The normalized spacial score (nSPS) is 26.6. The highest BCUT2D eigenvalue weighted by Gasteiger charge is 2.25. The summed E-state index contributed by atoms with van der Waals surface area (Å²) >= 11 is 0. The van der Waals surface area contributed by atoms with E-state index in [1.807, 2.05) is 6.07 Å². The van der Waals surface area contributed by atoms with E-state index >= 15 is 0 Å². The van der Waals surface area contributed by atoms with Crippen molar-refractivity contribution in [3.05, 3.63) is 24.2 Å². The molecule has 0 amide bonds. The van der Waals surface area contributed by atoms with Crippen LogP contribution in [0.15, 0.2) is 22.8 Å². The van der Waals surface area contributed by atoms with Crippen molar-refractivity contribution in [3.63, 3.8) is 0 Å². The summed E-state index contributed by atoms with van der Waals surface area (Å²) in [6.07, 6.45) is 1.75. The van der Waals surface area contributed by atoms with Crippen molar-refractivity contribution >= 4 is 0 Å². The summed E-state index contributed by atoms with van der Waals surface area (Å²) in [6.45, 7) is 6.40. The standard InChI is InChI=1S/C13H23N3O/c1-11-7-14-12(8-15(2)3)9-16(11)10-13-5-4-6-17-13/h4-6,11-12,14H,7-10H2,1-3H3. The van der Waals surface area contributed by atoms with E-state index in [4.69, 9.17) is 4.42 Å². The van der Waals surface area contributed by atoms with Gasteiger partial charge in [-0.25, -0.2) is 0 Å². The lowest BCUT2D eigenvalue weighted by Gasteiger charge is -2.39. The van der Waals surface area contributed by atoms with Gasteiger partial charge in [-0.15, -0.1) is 0 Å². The SMILES string of the molecule is CC1CNC(CN(C)C)CN1Cc1ccco1. The Bertz CT molecular complexity index is 323. The van der Waals surface area contributed by atoms with Crippen LogP contribution in [0.2, 0.25) is 0 Å². The molecule has 4 nitrogen and oxygen atoms in total. The third-order valence-electron chi connectivity index (χ3n) is 3.30. The van der Waals surface area contributed by atoms with Gasteiger partial charge in [-0.3, -0.25) is 4.90 Å². The molecule has 2 heterocycles. The Kier molecular flexibility index (Phi) is 4.20. The van der Waals surface area contributed by atoms with Crippen molar-refractivity contribution in [2.24, 2.45) is 0 Å². The lowest BCUT2D eigenvalue weighted by Crippen LogP contribution is -2.57. The fraction of sp³-hybridized carbons (Fsp3) is 0.692. The molecule has 0 saturated carbocycles. The quantitative estimate of drug-likeness (QED) is 0.847. The highest BCUT2D eigenvalue weighted by Crippen LogP contribution is 2.12. The van der Waals surface area contributed by atoms with Gasteiger partial charge in [-0.1, -0.05) is 0 Å². The third-order valence-corrected chi connectivity index (χ3v) is 3.30. The van der Waals surface area contributed by atoms with Crippen molar-refractivity contribution < 1.29 is 4.42 Å². The van der Waals surface area contributed by atoms with Crippen LogP contribution in [-0.4, -0.2) is 55.6 Å². The predicted octanol–water partition coefficient (Wildman–Crippen LogP) is 1.00. The lowest BCUT2D eigenvalue weighted by molar-refractivity contribution is 0.113. The van der Waals surface area contributed by atoms with Crippen LogP contribution in [0, 0.1) is 0 Å². The lowest BCUT2D eigenvalue weighted by atomic mass is 10.1. The van der Waals surface area contributed by atoms with E-state index in [-0.39, 0.29) is 0 Å². The molecule has 17 heavy (non-hydrogen) atoms. The number of nitrogens with zero attached hydrogens (tertiary/aromatic N) is 2. The Balaban J connectivity index is 1.90. The zero-order valence-corrected chi connectivity index (χ0v) is 11.0. The van der Waals surface area contributed by atoms with Crippen LogP contribution >= 0.6 is 0 Å². The maximum Gasteiger partial charge on any atom is 0.117 e. The van der Waals surface area contributed by atoms with E-state index in [0.717, 1.165) is 31.9 Å². The Morgan fingerprint density at radius 1 is 1.53 bits per heavy atom. The molecule has 2 unspecified atom stereocenters. The number of hydrogen-bond donors (Lipinski definition) is 1. The minimum Gasteiger partial charge on any atom is -0.468 e. The van der Waals surface area contributed by atoms with Gasteiger partial charge in [0, 0.05) is 31.7 Å². The molecule has 0 spiro atoms. The summed E-state index contributed by atoms with van der Waals surface area (Å²) in [5.74, 6) is 1.06. The van der Waals surface area contributed by atoms with Crippen LogP contribution in [-0.2, 0) is 6.54 Å². The molecule has 0 radical (unpaired) electrons. The monoisotopic (exact) mass is 237 g/mol. The van der Waals surface area contributed by atoms with Crippen molar-refractivity contribution in [2.75, 3.05) is 33.7 Å². The average molecular weight is 237 g/mol. The van der Waals surface area contributed by atoms with E-state index in [2.05, 4.69) is 42.2 Å².